The third kappa shape index (κ3) is 5.83. The van der Waals surface area contributed by atoms with E-state index >= 15 is 0 Å². The number of carbonyl (C=O) groups is 1. The SMILES string of the molecule is O=C1NC(=Nc2ccc(Cl)cc2)S/C1=C\c1cc(Cl)ccc1OCc1cccc(Cl)c1. The number of nitrogens with one attached hydrogen (secondary N) is 1. The molecule has 1 saturated heterocycles. The van der Waals surface area contributed by atoms with Crippen molar-refractivity contribution in [2.24, 2.45) is 4.99 Å². The minimum Gasteiger partial charge on any atom is -0.488 e. The Bertz CT molecular complexity index is 1190. The largest absolute Gasteiger partial charge is 0.488 e. The van der Waals surface area contributed by atoms with E-state index in [-0.39, 0.29) is 5.91 Å². The molecule has 31 heavy (non-hydrogen) atoms. The molecular weight excluding hydrogens is 475 g/mol. The van der Waals surface area contributed by atoms with Crippen LogP contribution in [0.25, 0.3) is 6.08 Å². The zero-order valence-electron chi connectivity index (χ0n) is 15.9. The summed E-state index contributed by atoms with van der Waals surface area (Å²) in [5, 5.41) is 5.07. The van der Waals surface area contributed by atoms with Crippen molar-refractivity contribution < 1.29 is 9.53 Å². The number of ether oxygens (including phenoxy) is 1. The molecule has 8 heteroatoms. The number of carbonyl (C=O) groups excluding carboxylic acids is 1. The fraction of sp³-hybridized carbons (Fsp3) is 0.0435. The predicted molar refractivity (Wildman–Crippen MR) is 129 cm³/mol. The zero-order valence-corrected chi connectivity index (χ0v) is 19.0. The van der Waals surface area contributed by atoms with Gasteiger partial charge in [0, 0.05) is 20.6 Å². The lowest BCUT2D eigenvalue weighted by atomic mass is 10.1. The average molecular weight is 490 g/mol. The molecule has 0 spiro atoms. The Morgan fingerprint density at radius 3 is 2.45 bits per heavy atom. The Hall–Kier alpha value is -2.44. The highest BCUT2D eigenvalue weighted by molar-refractivity contribution is 8.18. The van der Waals surface area contributed by atoms with Crippen LogP contribution in [0.4, 0.5) is 5.69 Å². The van der Waals surface area contributed by atoms with Crippen LogP contribution >= 0.6 is 46.6 Å². The van der Waals surface area contributed by atoms with Crippen molar-refractivity contribution in [3.63, 3.8) is 0 Å². The topological polar surface area (TPSA) is 50.7 Å². The van der Waals surface area contributed by atoms with E-state index in [1.54, 1.807) is 48.5 Å². The summed E-state index contributed by atoms with van der Waals surface area (Å²) in [6.07, 6.45) is 1.74. The molecule has 156 valence electrons. The summed E-state index contributed by atoms with van der Waals surface area (Å²) in [4.78, 5) is 17.4. The maximum absolute atomic E-state index is 12.5. The fourth-order valence-corrected chi connectivity index (χ4v) is 4.16. The third-order valence-corrected chi connectivity index (χ3v) is 5.88. The number of nitrogens with zero attached hydrogens (tertiary/aromatic N) is 1. The van der Waals surface area contributed by atoms with Gasteiger partial charge in [-0.05, 0) is 78.0 Å². The van der Waals surface area contributed by atoms with Crippen molar-refractivity contribution in [3.8, 4) is 5.75 Å². The smallest absolute Gasteiger partial charge is 0.264 e. The van der Waals surface area contributed by atoms with E-state index in [9.17, 15) is 4.79 Å². The minimum atomic E-state index is -0.238. The maximum Gasteiger partial charge on any atom is 0.264 e. The van der Waals surface area contributed by atoms with Gasteiger partial charge in [0.05, 0.1) is 10.6 Å². The van der Waals surface area contributed by atoms with Crippen LogP contribution in [0.3, 0.4) is 0 Å². The Morgan fingerprint density at radius 1 is 0.935 bits per heavy atom. The second-order valence-electron chi connectivity index (χ2n) is 6.56. The van der Waals surface area contributed by atoms with E-state index in [4.69, 9.17) is 39.5 Å². The van der Waals surface area contributed by atoms with Crippen LogP contribution in [0.2, 0.25) is 15.1 Å². The Balaban J connectivity index is 1.55. The molecule has 1 N–H and O–H groups in total. The normalized spacial score (nSPS) is 16.0. The van der Waals surface area contributed by atoms with Gasteiger partial charge in [0.15, 0.2) is 5.17 Å². The average Bonchev–Trinajstić information content (AvgIpc) is 3.08. The van der Waals surface area contributed by atoms with Crippen LogP contribution in [0.15, 0.2) is 76.6 Å². The number of halogens is 3. The number of amidine groups is 1. The lowest BCUT2D eigenvalue weighted by Gasteiger charge is -2.10. The quantitative estimate of drug-likeness (QED) is 0.388. The fourth-order valence-electron chi connectivity index (χ4n) is 2.81. The lowest BCUT2D eigenvalue weighted by Crippen LogP contribution is -2.19. The van der Waals surface area contributed by atoms with E-state index in [1.807, 2.05) is 24.3 Å². The van der Waals surface area contributed by atoms with Crippen LogP contribution in [0, 0.1) is 0 Å². The summed E-state index contributed by atoms with van der Waals surface area (Å²) in [6, 6.07) is 19.8. The first-order valence-corrected chi connectivity index (χ1v) is 11.1. The summed E-state index contributed by atoms with van der Waals surface area (Å²) >= 11 is 19.4. The number of benzene rings is 3. The van der Waals surface area contributed by atoms with Gasteiger partial charge < -0.3 is 10.1 Å². The summed E-state index contributed by atoms with van der Waals surface area (Å²) in [5.74, 6) is 0.367. The second kappa shape index (κ2) is 9.79. The highest BCUT2D eigenvalue weighted by atomic mass is 35.5. The molecule has 1 aliphatic rings. The second-order valence-corrected chi connectivity index (χ2v) is 8.90. The van der Waals surface area contributed by atoms with E-state index in [0.29, 0.717) is 48.7 Å². The van der Waals surface area contributed by atoms with Crippen LogP contribution in [-0.2, 0) is 11.4 Å². The maximum atomic E-state index is 12.5. The molecule has 0 aromatic heterocycles. The van der Waals surface area contributed by atoms with Gasteiger partial charge in [-0.3, -0.25) is 4.79 Å². The molecule has 0 saturated carbocycles. The molecule has 0 aliphatic carbocycles. The number of hydrogen-bond acceptors (Lipinski definition) is 4. The molecule has 3 aromatic rings. The molecule has 4 nitrogen and oxygen atoms in total. The number of amides is 1. The number of aliphatic imine (C=N–C) groups is 1. The molecule has 0 bridgehead atoms. The van der Waals surface area contributed by atoms with Gasteiger partial charge in [-0.1, -0.05) is 46.9 Å². The summed E-state index contributed by atoms with van der Waals surface area (Å²) in [5.41, 5.74) is 2.33. The summed E-state index contributed by atoms with van der Waals surface area (Å²) in [7, 11) is 0. The molecule has 1 amide bonds. The van der Waals surface area contributed by atoms with Crippen molar-refractivity contribution in [3.05, 3.63) is 97.8 Å². The Morgan fingerprint density at radius 2 is 1.68 bits per heavy atom. The summed E-state index contributed by atoms with van der Waals surface area (Å²) in [6.45, 7) is 0.334. The highest BCUT2D eigenvalue weighted by Crippen LogP contribution is 2.32. The van der Waals surface area contributed by atoms with E-state index in [2.05, 4.69) is 10.3 Å². The molecule has 4 rings (SSSR count). The van der Waals surface area contributed by atoms with Gasteiger partial charge in [-0.25, -0.2) is 4.99 Å². The van der Waals surface area contributed by atoms with Crippen molar-refractivity contribution in [1.29, 1.82) is 0 Å². The molecule has 1 heterocycles. The van der Waals surface area contributed by atoms with Gasteiger partial charge in [-0.2, -0.15) is 0 Å². The van der Waals surface area contributed by atoms with E-state index in [1.165, 1.54) is 11.8 Å². The van der Waals surface area contributed by atoms with Gasteiger partial charge in [0.25, 0.3) is 5.91 Å². The van der Waals surface area contributed by atoms with E-state index in [0.717, 1.165) is 5.56 Å². The molecule has 0 unspecified atom stereocenters. The highest BCUT2D eigenvalue weighted by Gasteiger charge is 2.24. The molecule has 0 radical (unpaired) electrons. The van der Waals surface area contributed by atoms with Crippen molar-refractivity contribution in [1.82, 2.24) is 5.32 Å². The van der Waals surface area contributed by atoms with Crippen LogP contribution < -0.4 is 10.1 Å². The molecular formula is C23H15Cl3N2O2S. The van der Waals surface area contributed by atoms with E-state index < -0.39 is 0 Å². The number of rotatable bonds is 5. The van der Waals surface area contributed by atoms with Gasteiger partial charge in [-0.15, -0.1) is 0 Å². The van der Waals surface area contributed by atoms with Crippen molar-refractivity contribution in [2.45, 2.75) is 6.61 Å². The first-order chi connectivity index (χ1) is 15.0. The minimum absolute atomic E-state index is 0.238. The third-order valence-electron chi connectivity index (χ3n) is 4.25. The molecule has 3 aromatic carbocycles. The van der Waals surface area contributed by atoms with Crippen LogP contribution in [0.1, 0.15) is 11.1 Å². The Kier molecular flexibility index (Phi) is 6.88. The van der Waals surface area contributed by atoms with Crippen LogP contribution in [-0.4, -0.2) is 11.1 Å². The molecule has 1 aliphatic heterocycles. The first kappa shape index (κ1) is 21.8. The standard InChI is InChI=1S/C23H15Cl3N2O2S/c24-16-4-7-19(8-5-16)27-23-28-22(29)21(31-23)12-15-11-18(26)6-9-20(15)30-13-14-2-1-3-17(25)10-14/h1-12H,13H2,(H,27,28,29)/b21-12-. The van der Waals surface area contributed by atoms with Crippen LogP contribution in [0.5, 0.6) is 5.75 Å². The van der Waals surface area contributed by atoms with Crippen molar-refractivity contribution >= 4 is 69.4 Å². The monoisotopic (exact) mass is 488 g/mol. The number of thioether (sulfide) groups is 1. The lowest BCUT2D eigenvalue weighted by molar-refractivity contribution is -0.115. The van der Waals surface area contributed by atoms with Crippen molar-refractivity contribution in [2.75, 3.05) is 0 Å². The van der Waals surface area contributed by atoms with Gasteiger partial charge in [0.2, 0.25) is 0 Å². The van der Waals surface area contributed by atoms with Gasteiger partial charge in [0.1, 0.15) is 12.4 Å². The number of hydrogen-bond donors (Lipinski definition) is 1. The predicted octanol–water partition coefficient (Wildman–Crippen LogP) is 7.12. The Labute approximate surface area is 198 Å². The first-order valence-electron chi connectivity index (χ1n) is 9.18. The summed E-state index contributed by atoms with van der Waals surface area (Å²) < 4.78 is 5.97. The molecule has 1 fully saturated rings. The zero-order chi connectivity index (χ0) is 21.8. The molecule has 0 atom stereocenters. The van der Waals surface area contributed by atoms with Gasteiger partial charge >= 0.3 is 0 Å².